The minimum Gasteiger partial charge on any atom is -0.341 e. The van der Waals surface area contributed by atoms with Crippen LogP contribution in [0.2, 0.25) is 0 Å². The standard InChI is InChI=1S/C18H13N3OS/c19-10-12-15(22)17(23-16(12)11-6-2-1-3-7-11)18-20-13-8-4-5-9-14(13)21-18/h1-9,12,16-17H,(H,20,21). The number of H-pyrrole nitrogens is 1. The molecule has 0 amide bonds. The number of carbonyl (C=O) groups is 1. The van der Waals surface area contributed by atoms with Crippen molar-refractivity contribution in [2.24, 2.45) is 5.92 Å². The van der Waals surface area contributed by atoms with Crippen molar-refractivity contribution < 1.29 is 4.79 Å². The molecule has 3 unspecified atom stereocenters. The molecule has 23 heavy (non-hydrogen) atoms. The number of benzene rings is 2. The first-order chi connectivity index (χ1) is 11.3. The van der Waals surface area contributed by atoms with Crippen LogP contribution < -0.4 is 0 Å². The maximum Gasteiger partial charge on any atom is 0.172 e. The molecule has 0 bridgehead atoms. The number of hydrogen-bond donors (Lipinski definition) is 1. The third-order valence-corrected chi connectivity index (χ3v) is 5.64. The molecule has 4 rings (SSSR count). The number of Topliss-reactive ketones (excluding diaryl/α,β-unsaturated/α-hetero) is 1. The normalized spacial score (nSPS) is 24.0. The lowest BCUT2D eigenvalue weighted by molar-refractivity contribution is -0.120. The van der Waals surface area contributed by atoms with Gasteiger partial charge in [-0.25, -0.2) is 4.98 Å². The van der Waals surface area contributed by atoms with E-state index in [1.807, 2.05) is 54.6 Å². The van der Waals surface area contributed by atoms with Gasteiger partial charge in [-0.05, 0) is 17.7 Å². The number of fused-ring (bicyclic) bond motifs is 1. The number of para-hydroxylation sites is 2. The first-order valence-corrected chi connectivity index (χ1v) is 8.30. The summed E-state index contributed by atoms with van der Waals surface area (Å²) in [6.45, 7) is 0. The number of carbonyl (C=O) groups excluding carboxylic acids is 1. The van der Waals surface area contributed by atoms with Crippen LogP contribution >= 0.6 is 11.8 Å². The molecule has 1 aliphatic heterocycles. The minimum absolute atomic E-state index is 0.0644. The molecule has 2 heterocycles. The van der Waals surface area contributed by atoms with Gasteiger partial charge < -0.3 is 4.98 Å². The lowest BCUT2D eigenvalue weighted by atomic mass is 9.95. The maximum absolute atomic E-state index is 12.7. The fourth-order valence-electron chi connectivity index (χ4n) is 2.95. The molecule has 1 saturated heterocycles. The minimum atomic E-state index is -0.638. The zero-order chi connectivity index (χ0) is 15.8. The molecule has 1 aromatic heterocycles. The zero-order valence-corrected chi connectivity index (χ0v) is 13.0. The summed E-state index contributed by atoms with van der Waals surface area (Å²) in [5.74, 6) is -0.0640. The average Bonchev–Trinajstić information content (AvgIpc) is 3.16. The summed E-state index contributed by atoms with van der Waals surface area (Å²) >= 11 is 1.51. The second-order valence-electron chi connectivity index (χ2n) is 5.50. The predicted molar refractivity (Wildman–Crippen MR) is 89.7 cm³/mol. The van der Waals surface area contributed by atoms with Gasteiger partial charge in [0.25, 0.3) is 0 Å². The smallest absolute Gasteiger partial charge is 0.172 e. The molecular formula is C18H13N3OS. The molecule has 3 atom stereocenters. The third-order valence-electron chi connectivity index (χ3n) is 4.07. The van der Waals surface area contributed by atoms with Crippen LogP contribution in [0.15, 0.2) is 54.6 Å². The largest absolute Gasteiger partial charge is 0.341 e. The Kier molecular flexibility index (Phi) is 3.40. The van der Waals surface area contributed by atoms with Gasteiger partial charge in [0, 0.05) is 0 Å². The first-order valence-electron chi connectivity index (χ1n) is 7.36. The van der Waals surface area contributed by atoms with Crippen molar-refractivity contribution in [2.75, 3.05) is 0 Å². The molecule has 1 fully saturated rings. The Hall–Kier alpha value is -2.58. The fourth-order valence-corrected chi connectivity index (χ4v) is 4.43. The monoisotopic (exact) mass is 319 g/mol. The number of nitrogens with one attached hydrogen (secondary N) is 1. The van der Waals surface area contributed by atoms with Crippen LogP contribution in [0.4, 0.5) is 0 Å². The van der Waals surface area contributed by atoms with Gasteiger partial charge in [-0.15, -0.1) is 11.8 Å². The fraction of sp³-hybridized carbons (Fsp3) is 0.167. The highest BCUT2D eigenvalue weighted by Crippen LogP contribution is 2.53. The number of nitriles is 1. The van der Waals surface area contributed by atoms with Gasteiger partial charge in [-0.2, -0.15) is 5.26 Å². The third kappa shape index (κ3) is 2.32. The number of imidazole rings is 1. The topological polar surface area (TPSA) is 69.5 Å². The summed E-state index contributed by atoms with van der Waals surface area (Å²) in [5, 5.41) is 8.89. The van der Waals surface area contributed by atoms with Gasteiger partial charge in [0.15, 0.2) is 5.78 Å². The van der Waals surface area contributed by atoms with E-state index in [2.05, 4.69) is 16.0 Å². The molecule has 0 saturated carbocycles. The van der Waals surface area contributed by atoms with Crippen LogP contribution in [0.3, 0.4) is 0 Å². The average molecular weight is 319 g/mol. The van der Waals surface area contributed by atoms with E-state index in [-0.39, 0.29) is 11.0 Å². The van der Waals surface area contributed by atoms with Crippen molar-refractivity contribution in [1.29, 1.82) is 5.26 Å². The molecular weight excluding hydrogens is 306 g/mol. The number of thioether (sulfide) groups is 1. The maximum atomic E-state index is 12.7. The summed E-state index contributed by atoms with van der Waals surface area (Å²) in [4.78, 5) is 20.5. The van der Waals surface area contributed by atoms with Crippen LogP contribution in [0.5, 0.6) is 0 Å². The molecule has 0 radical (unpaired) electrons. The lowest BCUT2D eigenvalue weighted by Gasteiger charge is -2.11. The van der Waals surface area contributed by atoms with Crippen molar-refractivity contribution in [1.82, 2.24) is 9.97 Å². The first kappa shape index (κ1) is 14.0. The van der Waals surface area contributed by atoms with E-state index < -0.39 is 11.2 Å². The Labute approximate surface area is 137 Å². The molecule has 112 valence electrons. The summed E-state index contributed by atoms with van der Waals surface area (Å²) in [6.07, 6.45) is 0. The van der Waals surface area contributed by atoms with Crippen LogP contribution in [0.25, 0.3) is 11.0 Å². The van der Waals surface area contributed by atoms with Crippen molar-refractivity contribution >= 4 is 28.6 Å². The van der Waals surface area contributed by atoms with Crippen LogP contribution in [0, 0.1) is 17.2 Å². The second kappa shape index (κ2) is 5.56. The molecule has 4 nitrogen and oxygen atoms in total. The summed E-state index contributed by atoms with van der Waals surface area (Å²) in [6, 6.07) is 19.6. The van der Waals surface area contributed by atoms with E-state index in [9.17, 15) is 10.1 Å². The summed E-state index contributed by atoms with van der Waals surface area (Å²) in [7, 11) is 0. The number of aromatic amines is 1. The van der Waals surface area contributed by atoms with E-state index in [4.69, 9.17) is 0 Å². The molecule has 3 aromatic rings. The van der Waals surface area contributed by atoms with Gasteiger partial charge in [0.2, 0.25) is 0 Å². The summed E-state index contributed by atoms with van der Waals surface area (Å²) in [5.41, 5.74) is 2.76. The van der Waals surface area contributed by atoms with E-state index in [1.54, 1.807) is 0 Å². The SMILES string of the molecule is N#CC1C(=O)C(c2nc3ccccc3[nH]2)SC1c1ccccc1. The Balaban J connectivity index is 1.73. The second-order valence-corrected chi connectivity index (χ2v) is 6.75. The highest BCUT2D eigenvalue weighted by atomic mass is 32.2. The van der Waals surface area contributed by atoms with E-state index >= 15 is 0 Å². The zero-order valence-electron chi connectivity index (χ0n) is 12.1. The predicted octanol–water partition coefficient (Wildman–Crippen LogP) is 3.80. The lowest BCUT2D eigenvalue weighted by Crippen LogP contribution is -2.14. The summed E-state index contributed by atoms with van der Waals surface area (Å²) < 4.78 is 0. The van der Waals surface area contributed by atoms with Crippen molar-refractivity contribution in [2.45, 2.75) is 10.5 Å². The number of rotatable bonds is 2. The molecule has 1 N–H and O–H groups in total. The van der Waals surface area contributed by atoms with Crippen LogP contribution in [-0.2, 0) is 4.79 Å². The Morgan fingerprint density at radius 3 is 2.57 bits per heavy atom. The van der Waals surface area contributed by atoms with Crippen LogP contribution in [-0.4, -0.2) is 15.8 Å². The highest BCUT2D eigenvalue weighted by Gasteiger charge is 2.45. The Bertz CT molecular complexity index is 880. The van der Waals surface area contributed by atoms with Gasteiger partial charge >= 0.3 is 0 Å². The van der Waals surface area contributed by atoms with Gasteiger partial charge in [-0.1, -0.05) is 42.5 Å². The number of nitrogens with zero attached hydrogens (tertiary/aromatic N) is 2. The molecule has 2 aromatic carbocycles. The van der Waals surface area contributed by atoms with Gasteiger partial charge in [-0.3, -0.25) is 4.79 Å². The van der Waals surface area contributed by atoms with Gasteiger partial charge in [0.05, 0.1) is 22.4 Å². The van der Waals surface area contributed by atoms with E-state index in [0.717, 1.165) is 16.6 Å². The Morgan fingerprint density at radius 2 is 1.83 bits per heavy atom. The number of hydrogen-bond acceptors (Lipinski definition) is 4. The molecule has 1 aliphatic rings. The quantitative estimate of drug-likeness (QED) is 0.780. The molecule has 0 aliphatic carbocycles. The van der Waals surface area contributed by atoms with Gasteiger partial charge in [0.1, 0.15) is 17.0 Å². The number of aromatic nitrogens is 2. The van der Waals surface area contributed by atoms with E-state index in [0.29, 0.717) is 5.82 Å². The van der Waals surface area contributed by atoms with Crippen molar-refractivity contribution in [3.05, 3.63) is 66.0 Å². The highest BCUT2D eigenvalue weighted by molar-refractivity contribution is 8.01. The number of ketones is 1. The van der Waals surface area contributed by atoms with Crippen molar-refractivity contribution in [3.8, 4) is 6.07 Å². The Morgan fingerprint density at radius 1 is 1.09 bits per heavy atom. The van der Waals surface area contributed by atoms with E-state index in [1.165, 1.54) is 11.8 Å². The van der Waals surface area contributed by atoms with Crippen molar-refractivity contribution in [3.63, 3.8) is 0 Å². The molecule has 5 heteroatoms. The molecule has 0 spiro atoms. The van der Waals surface area contributed by atoms with Crippen LogP contribution in [0.1, 0.15) is 21.9 Å².